The predicted octanol–water partition coefficient (Wildman–Crippen LogP) is 4.80. The first-order chi connectivity index (χ1) is 13.6. The lowest BCUT2D eigenvalue weighted by Gasteiger charge is -2.44. The van der Waals surface area contributed by atoms with Crippen LogP contribution in [0, 0.1) is 5.92 Å². The van der Waals surface area contributed by atoms with Gasteiger partial charge in [0.2, 0.25) is 0 Å². The standard InChI is InChI=1S/C21H23ClN2O3S/c22-16-8-3-6-15(11-16)20-23-17(13-28-20)21(26)27-12-19(25)24-10-4-7-14-5-1-2-9-18(14)24/h3,6,8,11,13-14,18H,1-2,4-5,7,9-10,12H2/t14-,18-/m0/s1. The Bertz CT molecular complexity index is 867. The fraction of sp³-hybridized carbons (Fsp3) is 0.476. The van der Waals surface area contributed by atoms with Crippen LogP contribution in [0.4, 0.5) is 0 Å². The second kappa shape index (κ2) is 8.62. The van der Waals surface area contributed by atoms with Gasteiger partial charge in [0.05, 0.1) is 0 Å². The Balaban J connectivity index is 1.36. The number of aromatic nitrogens is 1. The van der Waals surface area contributed by atoms with E-state index >= 15 is 0 Å². The Morgan fingerprint density at radius 1 is 1.21 bits per heavy atom. The van der Waals surface area contributed by atoms with Crippen LogP contribution in [0.2, 0.25) is 5.02 Å². The number of ether oxygens (including phenoxy) is 1. The van der Waals surface area contributed by atoms with E-state index < -0.39 is 5.97 Å². The first kappa shape index (κ1) is 19.4. The number of hydrogen-bond acceptors (Lipinski definition) is 5. The molecule has 0 unspecified atom stereocenters. The topological polar surface area (TPSA) is 59.5 Å². The number of piperidine rings is 1. The van der Waals surface area contributed by atoms with Crippen molar-refractivity contribution in [1.29, 1.82) is 0 Å². The lowest BCUT2D eigenvalue weighted by atomic mass is 9.78. The summed E-state index contributed by atoms with van der Waals surface area (Å²) in [7, 11) is 0. The van der Waals surface area contributed by atoms with Gasteiger partial charge in [-0.05, 0) is 43.7 Å². The lowest BCUT2D eigenvalue weighted by molar-refractivity contribution is -0.140. The number of nitrogens with zero attached hydrogens (tertiary/aromatic N) is 2. The van der Waals surface area contributed by atoms with Crippen LogP contribution in [-0.2, 0) is 9.53 Å². The highest BCUT2D eigenvalue weighted by Crippen LogP contribution is 2.35. The second-order valence-corrected chi connectivity index (χ2v) is 8.76. The van der Waals surface area contributed by atoms with Crippen molar-refractivity contribution in [1.82, 2.24) is 9.88 Å². The summed E-state index contributed by atoms with van der Waals surface area (Å²) in [5.74, 6) is -0.0359. The van der Waals surface area contributed by atoms with E-state index in [0.29, 0.717) is 22.0 Å². The number of carbonyl (C=O) groups is 2. The van der Waals surface area contributed by atoms with Gasteiger partial charge in [0.25, 0.3) is 5.91 Å². The Kier molecular flexibility index (Phi) is 5.97. The first-order valence-electron chi connectivity index (χ1n) is 9.80. The minimum absolute atomic E-state index is 0.0877. The average Bonchev–Trinajstić information content (AvgIpc) is 3.22. The molecule has 0 N–H and O–H groups in total. The van der Waals surface area contributed by atoms with Crippen LogP contribution in [0.15, 0.2) is 29.6 Å². The van der Waals surface area contributed by atoms with Crippen molar-refractivity contribution in [2.45, 2.75) is 44.6 Å². The second-order valence-electron chi connectivity index (χ2n) is 7.47. The summed E-state index contributed by atoms with van der Waals surface area (Å²) in [6.07, 6.45) is 6.96. The Hall–Kier alpha value is -1.92. The molecule has 2 fully saturated rings. The quantitative estimate of drug-likeness (QED) is 0.669. The van der Waals surface area contributed by atoms with E-state index in [2.05, 4.69) is 4.98 Å². The summed E-state index contributed by atoms with van der Waals surface area (Å²) < 4.78 is 5.28. The highest BCUT2D eigenvalue weighted by atomic mass is 35.5. The summed E-state index contributed by atoms with van der Waals surface area (Å²) in [4.78, 5) is 31.3. The van der Waals surface area contributed by atoms with Crippen LogP contribution < -0.4 is 0 Å². The summed E-state index contributed by atoms with van der Waals surface area (Å²) >= 11 is 7.37. The molecule has 1 saturated heterocycles. The van der Waals surface area contributed by atoms with E-state index in [4.69, 9.17) is 16.3 Å². The zero-order valence-electron chi connectivity index (χ0n) is 15.6. The number of halogens is 1. The summed E-state index contributed by atoms with van der Waals surface area (Å²) in [5, 5.41) is 2.97. The zero-order chi connectivity index (χ0) is 19.5. The highest BCUT2D eigenvalue weighted by molar-refractivity contribution is 7.13. The van der Waals surface area contributed by atoms with Crippen LogP contribution in [0.5, 0.6) is 0 Å². The number of rotatable bonds is 4. The van der Waals surface area contributed by atoms with Crippen LogP contribution in [0.3, 0.4) is 0 Å². The Morgan fingerprint density at radius 3 is 2.89 bits per heavy atom. The third-order valence-electron chi connectivity index (χ3n) is 5.68. The van der Waals surface area contributed by atoms with Gasteiger partial charge >= 0.3 is 5.97 Å². The molecule has 2 heterocycles. The maximum atomic E-state index is 12.7. The molecule has 2 aromatic rings. The third-order valence-corrected chi connectivity index (χ3v) is 6.80. The van der Waals surface area contributed by atoms with E-state index in [0.717, 1.165) is 24.9 Å². The van der Waals surface area contributed by atoms with E-state index in [1.807, 2.05) is 17.0 Å². The molecule has 1 amide bonds. The fourth-order valence-electron chi connectivity index (χ4n) is 4.34. The third kappa shape index (κ3) is 4.23. The zero-order valence-corrected chi connectivity index (χ0v) is 17.2. The van der Waals surface area contributed by atoms with Gasteiger partial charge < -0.3 is 9.64 Å². The van der Waals surface area contributed by atoms with Gasteiger partial charge in [-0.25, -0.2) is 9.78 Å². The molecule has 28 heavy (non-hydrogen) atoms. The van der Waals surface area contributed by atoms with Gasteiger partial charge in [-0.15, -0.1) is 11.3 Å². The van der Waals surface area contributed by atoms with Crippen molar-refractivity contribution >= 4 is 34.8 Å². The van der Waals surface area contributed by atoms with Gasteiger partial charge in [-0.1, -0.05) is 36.6 Å². The molecule has 1 aromatic heterocycles. The molecule has 5 nitrogen and oxygen atoms in total. The van der Waals surface area contributed by atoms with Crippen LogP contribution >= 0.6 is 22.9 Å². The highest BCUT2D eigenvalue weighted by Gasteiger charge is 2.35. The minimum Gasteiger partial charge on any atom is -0.451 e. The van der Waals surface area contributed by atoms with Crippen LogP contribution in [0.1, 0.15) is 49.0 Å². The number of amides is 1. The molecule has 1 saturated carbocycles. The molecular formula is C21H23ClN2O3S. The molecule has 148 valence electrons. The molecule has 4 rings (SSSR count). The summed E-state index contributed by atoms with van der Waals surface area (Å²) in [6, 6.07) is 7.64. The molecule has 0 spiro atoms. The predicted molar refractivity (Wildman–Crippen MR) is 110 cm³/mol. The van der Waals surface area contributed by atoms with E-state index in [-0.39, 0.29) is 18.2 Å². The monoisotopic (exact) mass is 418 g/mol. The fourth-order valence-corrected chi connectivity index (χ4v) is 5.32. The number of esters is 1. The van der Waals surface area contributed by atoms with Crippen molar-refractivity contribution in [2.75, 3.05) is 13.2 Å². The van der Waals surface area contributed by atoms with Gasteiger partial charge in [0, 0.05) is 28.6 Å². The minimum atomic E-state index is -0.560. The molecule has 2 atom stereocenters. The molecule has 0 bridgehead atoms. The van der Waals surface area contributed by atoms with Crippen molar-refractivity contribution in [2.24, 2.45) is 5.92 Å². The van der Waals surface area contributed by atoms with Gasteiger partial charge in [0.1, 0.15) is 5.01 Å². The van der Waals surface area contributed by atoms with Gasteiger partial charge in [0.15, 0.2) is 12.3 Å². The maximum Gasteiger partial charge on any atom is 0.358 e. The largest absolute Gasteiger partial charge is 0.451 e. The number of thiazole rings is 1. The molecule has 0 radical (unpaired) electrons. The summed E-state index contributed by atoms with van der Waals surface area (Å²) in [6.45, 7) is 0.555. The number of hydrogen-bond donors (Lipinski definition) is 0. The maximum absolute atomic E-state index is 12.7. The smallest absolute Gasteiger partial charge is 0.358 e. The molecule has 1 aromatic carbocycles. The van der Waals surface area contributed by atoms with Crippen molar-refractivity contribution in [3.05, 3.63) is 40.4 Å². The van der Waals surface area contributed by atoms with Gasteiger partial charge in [-0.3, -0.25) is 4.79 Å². The normalized spacial score (nSPS) is 21.8. The van der Waals surface area contributed by atoms with Crippen molar-refractivity contribution < 1.29 is 14.3 Å². The first-order valence-corrected chi connectivity index (χ1v) is 11.1. The Labute approximate surface area is 173 Å². The van der Waals surface area contributed by atoms with Gasteiger partial charge in [-0.2, -0.15) is 0 Å². The van der Waals surface area contributed by atoms with Crippen molar-refractivity contribution in [3.8, 4) is 10.6 Å². The van der Waals surface area contributed by atoms with E-state index in [1.165, 1.54) is 37.0 Å². The lowest BCUT2D eigenvalue weighted by Crippen LogP contribution is -2.50. The number of likely N-dealkylation sites (tertiary alicyclic amines) is 1. The molecule has 2 aliphatic rings. The van der Waals surface area contributed by atoms with Crippen molar-refractivity contribution in [3.63, 3.8) is 0 Å². The van der Waals surface area contributed by atoms with E-state index in [9.17, 15) is 9.59 Å². The number of carbonyl (C=O) groups excluding carboxylic acids is 2. The summed E-state index contributed by atoms with van der Waals surface area (Å²) in [5.41, 5.74) is 1.08. The van der Waals surface area contributed by atoms with Crippen LogP contribution in [-0.4, -0.2) is 41.0 Å². The Morgan fingerprint density at radius 2 is 2.04 bits per heavy atom. The molecule has 7 heteroatoms. The molecular weight excluding hydrogens is 396 g/mol. The van der Waals surface area contributed by atoms with E-state index in [1.54, 1.807) is 17.5 Å². The molecule has 1 aliphatic carbocycles. The van der Waals surface area contributed by atoms with Crippen LogP contribution in [0.25, 0.3) is 10.6 Å². The molecule has 1 aliphatic heterocycles. The number of fused-ring (bicyclic) bond motifs is 1. The average molecular weight is 419 g/mol. The number of benzene rings is 1. The SMILES string of the molecule is O=C(OCC(=O)N1CCC[C@@H]2CCCC[C@@H]21)c1csc(-c2cccc(Cl)c2)n1.